The Hall–Kier alpha value is -1.99. The first-order valence-corrected chi connectivity index (χ1v) is 7.62. The van der Waals surface area contributed by atoms with Gasteiger partial charge in [0.05, 0.1) is 5.56 Å². The number of thiophene rings is 1. The summed E-state index contributed by atoms with van der Waals surface area (Å²) in [4.78, 5) is 12.7. The predicted octanol–water partition coefficient (Wildman–Crippen LogP) is 2.60. The highest BCUT2D eigenvalue weighted by atomic mass is 32.1. The molecule has 0 aliphatic rings. The van der Waals surface area contributed by atoms with Crippen molar-refractivity contribution in [3.05, 3.63) is 57.8 Å². The number of hydrogen-bond donors (Lipinski definition) is 3. The highest BCUT2D eigenvalue weighted by Crippen LogP contribution is 2.19. The van der Waals surface area contributed by atoms with Crippen molar-refractivity contribution in [1.82, 2.24) is 10.6 Å². The number of nitrogens with one attached hydrogen (secondary N) is 2. The second kappa shape index (κ2) is 7.86. The van der Waals surface area contributed by atoms with E-state index < -0.39 is 29.3 Å². The van der Waals surface area contributed by atoms with E-state index in [-0.39, 0.29) is 6.54 Å². The Bertz CT molecular complexity index is 600. The van der Waals surface area contributed by atoms with Gasteiger partial charge in [-0.2, -0.15) is 0 Å². The fraction of sp³-hybridized carbons (Fsp3) is 0.267. The third kappa shape index (κ3) is 4.51. The number of urea groups is 1. The number of carbonyl (C=O) groups excluding carboxylic acids is 1. The van der Waals surface area contributed by atoms with E-state index in [1.165, 1.54) is 6.07 Å². The molecule has 0 aliphatic heterocycles. The van der Waals surface area contributed by atoms with Crippen molar-refractivity contribution in [3.8, 4) is 0 Å². The first-order chi connectivity index (χ1) is 10.6. The van der Waals surface area contributed by atoms with Crippen molar-refractivity contribution < 1.29 is 18.7 Å². The van der Waals surface area contributed by atoms with Gasteiger partial charge in [-0.3, -0.25) is 0 Å². The van der Waals surface area contributed by atoms with E-state index in [9.17, 15) is 18.7 Å². The highest BCUT2D eigenvalue weighted by molar-refractivity contribution is 7.09. The summed E-state index contributed by atoms with van der Waals surface area (Å²) in [5.41, 5.74) is -0.443. The molecule has 1 atom stereocenters. The largest absolute Gasteiger partial charge is 0.386 e. The standard InChI is InChI=1S/C15H16F2N2O2S/c16-11-4-1-5-12(17)14(11)13(20)9-19-15(21)18-7-6-10-3-2-8-22-10/h1-5,8,13,20H,6-7,9H2,(H2,18,19,21). The van der Waals surface area contributed by atoms with Gasteiger partial charge in [-0.15, -0.1) is 11.3 Å². The molecule has 2 amide bonds. The number of benzene rings is 1. The summed E-state index contributed by atoms with van der Waals surface area (Å²) in [6.45, 7) is 0.166. The van der Waals surface area contributed by atoms with Crippen LogP contribution in [0.15, 0.2) is 35.7 Å². The molecule has 0 radical (unpaired) electrons. The van der Waals surface area contributed by atoms with Crippen LogP contribution in [0.5, 0.6) is 0 Å². The van der Waals surface area contributed by atoms with Gasteiger partial charge < -0.3 is 15.7 Å². The lowest BCUT2D eigenvalue weighted by atomic mass is 10.1. The second-order valence-electron chi connectivity index (χ2n) is 4.62. The van der Waals surface area contributed by atoms with Crippen molar-refractivity contribution in [2.75, 3.05) is 13.1 Å². The van der Waals surface area contributed by atoms with E-state index >= 15 is 0 Å². The fourth-order valence-corrected chi connectivity index (χ4v) is 2.65. The van der Waals surface area contributed by atoms with Gasteiger partial charge in [0.15, 0.2) is 0 Å². The molecule has 4 nitrogen and oxygen atoms in total. The molecule has 0 fully saturated rings. The summed E-state index contributed by atoms with van der Waals surface area (Å²) < 4.78 is 26.9. The molecule has 3 N–H and O–H groups in total. The van der Waals surface area contributed by atoms with E-state index in [1.807, 2.05) is 17.5 Å². The van der Waals surface area contributed by atoms with Crippen molar-refractivity contribution in [1.29, 1.82) is 0 Å². The summed E-state index contributed by atoms with van der Waals surface area (Å²) in [7, 11) is 0. The van der Waals surface area contributed by atoms with Crippen LogP contribution in [0.3, 0.4) is 0 Å². The molecule has 118 valence electrons. The number of halogens is 2. The molecule has 1 unspecified atom stereocenters. The van der Waals surface area contributed by atoms with Crippen LogP contribution in [0.1, 0.15) is 16.5 Å². The predicted molar refractivity (Wildman–Crippen MR) is 80.7 cm³/mol. The maximum absolute atomic E-state index is 13.5. The maximum Gasteiger partial charge on any atom is 0.314 e. The average molecular weight is 326 g/mol. The van der Waals surface area contributed by atoms with Crippen LogP contribution in [-0.4, -0.2) is 24.2 Å². The first kappa shape index (κ1) is 16.4. The van der Waals surface area contributed by atoms with E-state index in [0.29, 0.717) is 13.0 Å². The smallest absolute Gasteiger partial charge is 0.314 e. The lowest BCUT2D eigenvalue weighted by molar-refractivity contribution is 0.164. The van der Waals surface area contributed by atoms with Crippen molar-refractivity contribution in [3.63, 3.8) is 0 Å². The SMILES string of the molecule is O=C(NCCc1cccs1)NCC(O)c1c(F)cccc1F. The van der Waals surface area contributed by atoms with Crippen LogP contribution in [0.4, 0.5) is 13.6 Å². The minimum atomic E-state index is -1.44. The Morgan fingerprint density at radius 3 is 2.55 bits per heavy atom. The Labute approximate surface area is 130 Å². The maximum atomic E-state index is 13.5. The van der Waals surface area contributed by atoms with Crippen LogP contribution >= 0.6 is 11.3 Å². The molecule has 0 bridgehead atoms. The second-order valence-corrected chi connectivity index (χ2v) is 5.65. The molecule has 2 aromatic rings. The highest BCUT2D eigenvalue weighted by Gasteiger charge is 2.18. The minimum absolute atomic E-state index is 0.275. The summed E-state index contributed by atoms with van der Waals surface area (Å²) >= 11 is 1.60. The van der Waals surface area contributed by atoms with Gasteiger partial charge in [0.1, 0.15) is 17.7 Å². The number of hydrogen-bond acceptors (Lipinski definition) is 3. The topological polar surface area (TPSA) is 61.4 Å². The Balaban J connectivity index is 1.76. The zero-order valence-corrected chi connectivity index (χ0v) is 12.5. The monoisotopic (exact) mass is 326 g/mol. The summed E-state index contributed by atoms with van der Waals surface area (Å²) in [6.07, 6.45) is -0.737. The first-order valence-electron chi connectivity index (χ1n) is 6.74. The average Bonchev–Trinajstić information content (AvgIpc) is 2.98. The summed E-state index contributed by atoms with van der Waals surface area (Å²) in [5.74, 6) is -1.68. The molecule has 1 aromatic heterocycles. The zero-order chi connectivity index (χ0) is 15.9. The molecule has 22 heavy (non-hydrogen) atoms. The van der Waals surface area contributed by atoms with Crippen LogP contribution in [0, 0.1) is 11.6 Å². The van der Waals surface area contributed by atoms with E-state index in [0.717, 1.165) is 17.0 Å². The van der Waals surface area contributed by atoms with Crippen molar-refractivity contribution in [2.45, 2.75) is 12.5 Å². The Morgan fingerprint density at radius 1 is 1.18 bits per heavy atom. The van der Waals surface area contributed by atoms with E-state index in [2.05, 4.69) is 10.6 Å². The molecule has 1 heterocycles. The quantitative estimate of drug-likeness (QED) is 0.764. The number of amides is 2. The summed E-state index contributed by atoms with van der Waals surface area (Å²) in [6, 6.07) is 6.73. The molecule has 0 spiro atoms. The summed E-state index contributed by atoms with van der Waals surface area (Å²) in [5, 5.41) is 16.7. The van der Waals surface area contributed by atoms with Crippen LogP contribution in [-0.2, 0) is 6.42 Å². The molecule has 0 saturated carbocycles. The van der Waals surface area contributed by atoms with E-state index in [4.69, 9.17) is 0 Å². The normalized spacial score (nSPS) is 12.0. The van der Waals surface area contributed by atoms with Crippen molar-refractivity contribution in [2.24, 2.45) is 0 Å². The molecular formula is C15H16F2N2O2S. The Morgan fingerprint density at radius 2 is 1.91 bits per heavy atom. The number of aliphatic hydroxyl groups excluding tert-OH is 1. The third-order valence-corrected chi connectivity index (χ3v) is 3.96. The van der Waals surface area contributed by atoms with Crippen LogP contribution < -0.4 is 10.6 Å². The molecular weight excluding hydrogens is 310 g/mol. The molecule has 0 saturated heterocycles. The number of aliphatic hydroxyl groups is 1. The molecule has 2 rings (SSSR count). The van der Waals surface area contributed by atoms with Gasteiger partial charge in [-0.1, -0.05) is 12.1 Å². The number of carbonyl (C=O) groups is 1. The lowest BCUT2D eigenvalue weighted by Gasteiger charge is -2.14. The van der Waals surface area contributed by atoms with Gasteiger partial charge >= 0.3 is 6.03 Å². The minimum Gasteiger partial charge on any atom is -0.386 e. The van der Waals surface area contributed by atoms with Gasteiger partial charge in [-0.05, 0) is 30.0 Å². The zero-order valence-electron chi connectivity index (χ0n) is 11.7. The van der Waals surface area contributed by atoms with Crippen LogP contribution in [0.25, 0.3) is 0 Å². The van der Waals surface area contributed by atoms with Gasteiger partial charge in [0, 0.05) is 18.0 Å². The molecule has 0 aliphatic carbocycles. The van der Waals surface area contributed by atoms with Crippen molar-refractivity contribution >= 4 is 17.4 Å². The fourth-order valence-electron chi connectivity index (χ4n) is 1.94. The molecule has 1 aromatic carbocycles. The van der Waals surface area contributed by atoms with Gasteiger partial charge in [-0.25, -0.2) is 13.6 Å². The number of rotatable bonds is 6. The van der Waals surface area contributed by atoms with Gasteiger partial charge in [0.2, 0.25) is 0 Å². The van der Waals surface area contributed by atoms with E-state index in [1.54, 1.807) is 11.3 Å². The third-order valence-electron chi connectivity index (χ3n) is 3.03. The molecule has 7 heteroatoms. The van der Waals surface area contributed by atoms with Crippen LogP contribution in [0.2, 0.25) is 0 Å². The Kier molecular flexibility index (Phi) is 5.85. The van der Waals surface area contributed by atoms with Gasteiger partial charge in [0.25, 0.3) is 0 Å². The lowest BCUT2D eigenvalue weighted by Crippen LogP contribution is -2.38.